The van der Waals surface area contributed by atoms with E-state index in [-0.39, 0.29) is 0 Å². The lowest BCUT2D eigenvalue weighted by Crippen LogP contribution is -2.08. The van der Waals surface area contributed by atoms with Gasteiger partial charge in [0.15, 0.2) is 0 Å². The van der Waals surface area contributed by atoms with E-state index >= 15 is 0 Å². The summed E-state index contributed by atoms with van der Waals surface area (Å²) in [5, 5.41) is 6.81. The first-order valence-electron chi connectivity index (χ1n) is 13.1. The van der Waals surface area contributed by atoms with Crippen LogP contribution in [0.1, 0.15) is 115 Å². The zero-order chi connectivity index (χ0) is 24.4. The molecule has 0 aliphatic carbocycles. The normalized spacial score (nSPS) is 11.4. The van der Waals surface area contributed by atoms with Crippen molar-refractivity contribution in [1.82, 2.24) is 0 Å². The first-order chi connectivity index (χ1) is 15.9. The average Bonchev–Trinajstić information content (AvgIpc) is 2.77. The quantitative estimate of drug-likeness (QED) is 0.189. The van der Waals surface area contributed by atoms with Crippen molar-refractivity contribution >= 4 is 21.1 Å². The molecular weight excluding hydrogens is 430 g/mol. The van der Waals surface area contributed by atoms with Gasteiger partial charge in [0.05, 0.1) is 0 Å². The van der Waals surface area contributed by atoms with E-state index in [1.807, 2.05) is 0 Å². The topological polar surface area (TPSA) is 80.4 Å². The van der Waals surface area contributed by atoms with Gasteiger partial charge >= 0.3 is 10.3 Å². The molecule has 0 atom stereocenters. The predicted molar refractivity (Wildman–Crippen MR) is 143 cm³/mol. The lowest BCUT2D eigenvalue weighted by Gasteiger charge is -2.14. The summed E-state index contributed by atoms with van der Waals surface area (Å²) < 4.78 is 25.2. The van der Waals surface area contributed by atoms with Crippen LogP contribution in [0.15, 0.2) is 36.4 Å². The molecule has 0 aliphatic rings. The van der Waals surface area contributed by atoms with Gasteiger partial charge in [0.25, 0.3) is 0 Å². The van der Waals surface area contributed by atoms with Gasteiger partial charge in [-0.15, -0.1) is 0 Å². The molecule has 0 saturated carbocycles. The highest BCUT2D eigenvalue weighted by molar-refractivity contribution is 7.83. The van der Waals surface area contributed by atoms with E-state index in [1.165, 1.54) is 114 Å². The smallest absolute Gasteiger partial charge is 0.274 e. The third-order valence-corrected chi connectivity index (χ3v) is 6.22. The molecule has 0 aromatic heterocycles. The van der Waals surface area contributed by atoms with Crippen molar-refractivity contribution in [3.05, 3.63) is 47.5 Å². The zero-order valence-electron chi connectivity index (χ0n) is 21.0. The molecule has 4 nitrogen and oxygen atoms in total. The lowest BCUT2D eigenvalue weighted by atomic mass is 9.91. The Morgan fingerprint density at radius 1 is 0.667 bits per heavy atom. The van der Waals surface area contributed by atoms with E-state index in [4.69, 9.17) is 13.0 Å². The van der Waals surface area contributed by atoms with Gasteiger partial charge in [0, 0.05) is 0 Å². The number of nitrogens with two attached hydrogens (primary N) is 1. The number of fused-ring (bicyclic) bond motifs is 1. The molecule has 0 spiro atoms. The Balaban J connectivity index is 0.000000981. The predicted octanol–water partition coefficient (Wildman–Crippen LogP) is 8.17. The number of aryl methyl sites for hydroxylation is 2. The van der Waals surface area contributed by atoms with Gasteiger partial charge in [-0.1, -0.05) is 127 Å². The van der Waals surface area contributed by atoms with Crippen molar-refractivity contribution in [2.75, 3.05) is 0 Å². The SMILES string of the molecule is CCCCCCCCCc1ccc2ccccc2c1CCCCCCCCC.NS(=O)(=O)O. The van der Waals surface area contributed by atoms with Crippen molar-refractivity contribution in [3.8, 4) is 0 Å². The zero-order valence-corrected chi connectivity index (χ0v) is 21.8. The summed E-state index contributed by atoms with van der Waals surface area (Å²) in [6.45, 7) is 4.60. The molecule has 188 valence electrons. The molecule has 0 saturated heterocycles. The molecule has 0 amide bonds. The molecule has 2 aromatic rings. The summed E-state index contributed by atoms with van der Waals surface area (Å²) in [6.07, 6.45) is 22.1. The number of hydrogen-bond donors (Lipinski definition) is 2. The van der Waals surface area contributed by atoms with Gasteiger partial charge in [-0.3, -0.25) is 4.55 Å². The largest absolute Gasteiger partial charge is 0.330 e. The summed E-state index contributed by atoms with van der Waals surface area (Å²) in [7, 11) is -4.17. The van der Waals surface area contributed by atoms with Crippen molar-refractivity contribution in [1.29, 1.82) is 0 Å². The lowest BCUT2D eigenvalue weighted by molar-refractivity contribution is 0.485. The summed E-state index contributed by atoms with van der Waals surface area (Å²) in [4.78, 5) is 0. The highest BCUT2D eigenvalue weighted by Gasteiger charge is 2.08. The molecule has 5 heteroatoms. The second-order valence-electron chi connectivity index (χ2n) is 9.18. The van der Waals surface area contributed by atoms with Crippen LogP contribution in [0.3, 0.4) is 0 Å². The van der Waals surface area contributed by atoms with Crippen molar-refractivity contribution in [2.45, 2.75) is 117 Å². The monoisotopic (exact) mass is 477 g/mol. The minimum atomic E-state index is -4.17. The Morgan fingerprint density at radius 2 is 1.12 bits per heavy atom. The van der Waals surface area contributed by atoms with Gasteiger partial charge in [-0.05, 0) is 47.6 Å². The Kier molecular flexibility index (Phi) is 16.1. The molecular formula is C28H47NO3S. The number of benzene rings is 2. The van der Waals surface area contributed by atoms with Crippen LogP contribution in [-0.4, -0.2) is 13.0 Å². The van der Waals surface area contributed by atoms with Crippen molar-refractivity contribution in [2.24, 2.45) is 5.14 Å². The van der Waals surface area contributed by atoms with Crippen LogP contribution in [0.2, 0.25) is 0 Å². The van der Waals surface area contributed by atoms with Gasteiger partial charge in [-0.25, -0.2) is 5.14 Å². The minimum absolute atomic E-state index is 1.26. The fraction of sp³-hybridized carbons (Fsp3) is 0.643. The molecule has 2 aromatic carbocycles. The molecule has 0 unspecified atom stereocenters. The second-order valence-corrected chi connectivity index (χ2v) is 10.2. The molecule has 0 bridgehead atoms. The van der Waals surface area contributed by atoms with Crippen LogP contribution in [0.25, 0.3) is 10.8 Å². The minimum Gasteiger partial charge on any atom is -0.274 e. The van der Waals surface area contributed by atoms with E-state index in [9.17, 15) is 0 Å². The van der Waals surface area contributed by atoms with Crippen LogP contribution in [0, 0.1) is 0 Å². The molecule has 0 radical (unpaired) electrons. The van der Waals surface area contributed by atoms with Gasteiger partial charge in [0.2, 0.25) is 0 Å². The molecule has 3 N–H and O–H groups in total. The highest BCUT2D eigenvalue weighted by atomic mass is 32.2. The molecule has 2 rings (SSSR count). The Labute approximate surface area is 203 Å². The van der Waals surface area contributed by atoms with E-state index < -0.39 is 10.3 Å². The Hall–Kier alpha value is -1.43. The maximum absolute atomic E-state index is 8.97. The third kappa shape index (κ3) is 15.2. The van der Waals surface area contributed by atoms with Crippen molar-refractivity contribution < 1.29 is 13.0 Å². The summed E-state index contributed by atoms with van der Waals surface area (Å²) >= 11 is 0. The maximum atomic E-state index is 8.97. The highest BCUT2D eigenvalue weighted by Crippen LogP contribution is 2.26. The first kappa shape index (κ1) is 29.6. The fourth-order valence-corrected chi connectivity index (χ4v) is 4.44. The molecule has 0 heterocycles. The number of rotatable bonds is 16. The van der Waals surface area contributed by atoms with Crippen LogP contribution in [-0.2, 0) is 23.1 Å². The summed E-state index contributed by atoms with van der Waals surface area (Å²) in [5.74, 6) is 0. The molecule has 0 fully saturated rings. The van der Waals surface area contributed by atoms with E-state index in [2.05, 4.69) is 55.4 Å². The first-order valence-corrected chi connectivity index (χ1v) is 14.6. The number of unbranched alkanes of at least 4 members (excludes halogenated alkanes) is 12. The summed E-state index contributed by atoms with van der Waals surface area (Å²) in [6, 6.07) is 13.8. The van der Waals surface area contributed by atoms with Crippen LogP contribution in [0.4, 0.5) is 0 Å². The molecule has 0 aliphatic heterocycles. The average molecular weight is 478 g/mol. The fourth-order valence-electron chi connectivity index (χ4n) is 4.44. The third-order valence-electron chi connectivity index (χ3n) is 6.22. The Bertz CT molecular complexity index is 857. The van der Waals surface area contributed by atoms with Crippen LogP contribution >= 0.6 is 0 Å². The van der Waals surface area contributed by atoms with E-state index in [0.717, 1.165) is 0 Å². The van der Waals surface area contributed by atoms with Gasteiger partial charge < -0.3 is 0 Å². The number of hydrogen-bond acceptors (Lipinski definition) is 2. The van der Waals surface area contributed by atoms with Gasteiger partial charge in [0.1, 0.15) is 0 Å². The van der Waals surface area contributed by atoms with Gasteiger partial charge in [-0.2, -0.15) is 8.42 Å². The van der Waals surface area contributed by atoms with Crippen LogP contribution in [0.5, 0.6) is 0 Å². The standard InChI is InChI=1S/C28H44.H3NO3S/c1-3-5-7-9-11-13-15-19-25-23-24-26-20-17-18-22-28(26)27(25)21-16-14-12-10-8-6-4-2;1-5(2,3)4/h17-18,20,22-24H,3-16,19,21H2,1-2H3;(H3,1,2,3,4). The van der Waals surface area contributed by atoms with E-state index in [0.29, 0.717) is 0 Å². The van der Waals surface area contributed by atoms with Crippen molar-refractivity contribution in [3.63, 3.8) is 0 Å². The molecule has 33 heavy (non-hydrogen) atoms. The summed E-state index contributed by atoms with van der Waals surface area (Å²) in [5.41, 5.74) is 3.27. The second kappa shape index (κ2) is 18.0. The maximum Gasteiger partial charge on any atom is 0.330 e. The Morgan fingerprint density at radius 3 is 1.67 bits per heavy atom. The van der Waals surface area contributed by atoms with E-state index in [1.54, 1.807) is 11.1 Å². The van der Waals surface area contributed by atoms with Crippen LogP contribution < -0.4 is 5.14 Å².